The summed E-state index contributed by atoms with van der Waals surface area (Å²) in [4.78, 5) is 27.5. The van der Waals surface area contributed by atoms with E-state index in [1.807, 2.05) is 85.1 Å². The Kier molecular flexibility index (Phi) is 7.61. The number of carbonyl (C=O) groups is 2. The van der Waals surface area contributed by atoms with Crippen LogP contribution in [0.1, 0.15) is 17.5 Å². The van der Waals surface area contributed by atoms with E-state index in [2.05, 4.69) is 10.6 Å². The molecule has 1 saturated heterocycles. The lowest BCUT2D eigenvalue weighted by molar-refractivity contribution is -0.122. The zero-order valence-corrected chi connectivity index (χ0v) is 21.4. The molecule has 1 aliphatic heterocycles. The number of aryl methyl sites for hydroxylation is 1. The molecule has 0 N–H and O–H groups in total. The Morgan fingerprint density at radius 2 is 1.59 bits per heavy atom. The van der Waals surface area contributed by atoms with Crippen molar-refractivity contribution in [2.45, 2.75) is 19.4 Å². The number of nitrogens with zero attached hydrogens (tertiary/aromatic N) is 2. The minimum Gasteiger partial charge on any atom is -0.493 e. The number of hydrogen-bond donors (Lipinski definition) is 0. The summed E-state index contributed by atoms with van der Waals surface area (Å²) >= 11 is 1.01. The van der Waals surface area contributed by atoms with Gasteiger partial charge in [-0.2, -0.15) is 0 Å². The summed E-state index contributed by atoms with van der Waals surface area (Å²) in [6.45, 7) is 1.67. The molecular formula is C30H28N2O4S. The van der Waals surface area contributed by atoms with E-state index in [1.54, 1.807) is 7.11 Å². The highest BCUT2D eigenvalue weighted by atomic mass is 32.2. The molecule has 0 bridgehead atoms. The second-order valence-corrected chi connectivity index (χ2v) is 9.71. The van der Waals surface area contributed by atoms with Crippen LogP contribution in [0.25, 0.3) is 17.0 Å². The number of ether oxygens (including phenoxy) is 2. The molecule has 37 heavy (non-hydrogen) atoms. The molecule has 0 unspecified atom stereocenters. The molecule has 2 heterocycles. The topological polar surface area (TPSA) is 60.8 Å². The van der Waals surface area contributed by atoms with Gasteiger partial charge in [0, 0.05) is 35.8 Å². The monoisotopic (exact) mass is 512 g/mol. The van der Waals surface area contributed by atoms with Crippen LogP contribution >= 0.6 is 11.8 Å². The largest absolute Gasteiger partial charge is 0.493 e. The van der Waals surface area contributed by atoms with E-state index in [4.69, 9.17) is 9.47 Å². The number of rotatable bonds is 10. The number of aromatic nitrogens is 1. The third kappa shape index (κ3) is 5.57. The first kappa shape index (κ1) is 24.7. The van der Waals surface area contributed by atoms with E-state index in [0.29, 0.717) is 30.2 Å². The van der Waals surface area contributed by atoms with Crippen LogP contribution < -0.4 is 9.47 Å². The molecule has 4 aromatic rings. The second-order valence-electron chi connectivity index (χ2n) is 8.72. The number of carbonyl (C=O) groups excluding carboxylic acids is 2. The van der Waals surface area contributed by atoms with Gasteiger partial charge in [-0.25, -0.2) is 0 Å². The van der Waals surface area contributed by atoms with Crippen molar-refractivity contribution in [3.63, 3.8) is 0 Å². The fourth-order valence-electron chi connectivity index (χ4n) is 4.45. The zero-order valence-electron chi connectivity index (χ0n) is 20.6. The Labute approximate surface area is 220 Å². The first-order valence-corrected chi connectivity index (χ1v) is 13.1. The molecule has 1 fully saturated rings. The fraction of sp³-hybridized carbons (Fsp3) is 0.200. The third-order valence-electron chi connectivity index (χ3n) is 6.32. The highest BCUT2D eigenvalue weighted by molar-refractivity contribution is 8.18. The number of thioether (sulfide) groups is 1. The number of para-hydroxylation sites is 3. The number of imide groups is 1. The summed E-state index contributed by atoms with van der Waals surface area (Å²) in [6, 6.07) is 25.6. The van der Waals surface area contributed by atoms with Gasteiger partial charge in [0.05, 0.1) is 18.6 Å². The van der Waals surface area contributed by atoms with Crippen molar-refractivity contribution in [3.05, 3.63) is 101 Å². The van der Waals surface area contributed by atoms with E-state index in [0.717, 1.165) is 52.5 Å². The van der Waals surface area contributed by atoms with E-state index in [-0.39, 0.29) is 11.1 Å². The van der Waals surface area contributed by atoms with Gasteiger partial charge in [-0.05, 0) is 54.4 Å². The Balaban J connectivity index is 1.28. The molecule has 3 aromatic carbocycles. The van der Waals surface area contributed by atoms with E-state index < -0.39 is 0 Å². The van der Waals surface area contributed by atoms with Crippen LogP contribution in [0.2, 0.25) is 0 Å². The summed E-state index contributed by atoms with van der Waals surface area (Å²) in [5, 5.41) is 0.827. The first-order valence-electron chi connectivity index (χ1n) is 12.3. The molecule has 2 amide bonds. The van der Waals surface area contributed by atoms with Crippen LogP contribution in [-0.4, -0.2) is 40.9 Å². The van der Waals surface area contributed by atoms with Crippen LogP contribution in [0.3, 0.4) is 0 Å². The maximum Gasteiger partial charge on any atom is 0.293 e. The lowest BCUT2D eigenvalue weighted by Crippen LogP contribution is -2.30. The number of hydrogen-bond acceptors (Lipinski definition) is 5. The van der Waals surface area contributed by atoms with Gasteiger partial charge < -0.3 is 14.0 Å². The number of fused-ring (bicyclic) bond motifs is 1. The molecule has 5 rings (SSSR count). The van der Waals surface area contributed by atoms with Crippen LogP contribution in [0.4, 0.5) is 4.79 Å². The van der Waals surface area contributed by atoms with Gasteiger partial charge in [0.2, 0.25) is 0 Å². The van der Waals surface area contributed by atoms with Gasteiger partial charge in [0.15, 0.2) is 11.5 Å². The predicted octanol–water partition coefficient (Wildman–Crippen LogP) is 6.40. The predicted molar refractivity (Wildman–Crippen MR) is 148 cm³/mol. The number of amides is 2. The minimum absolute atomic E-state index is 0.218. The van der Waals surface area contributed by atoms with Crippen LogP contribution in [0.5, 0.6) is 11.5 Å². The van der Waals surface area contributed by atoms with Crippen molar-refractivity contribution in [3.8, 4) is 11.5 Å². The Morgan fingerprint density at radius 3 is 2.41 bits per heavy atom. The van der Waals surface area contributed by atoms with Crippen molar-refractivity contribution in [1.29, 1.82) is 0 Å². The first-order chi connectivity index (χ1) is 18.1. The van der Waals surface area contributed by atoms with Gasteiger partial charge in [0.1, 0.15) is 0 Å². The molecular weight excluding hydrogens is 484 g/mol. The Morgan fingerprint density at radius 1 is 0.865 bits per heavy atom. The van der Waals surface area contributed by atoms with Crippen LogP contribution in [0, 0.1) is 0 Å². The van der Waals surface area contributed by atoms with Crippen molar-refractivity contribution in [2.75, 3.05) is 20.3 Å². The van der Waals surface area contributed by atoms with Crippen LogP contribution in [0.15, 0.2) is 90.0 Å². The van der Waals surface area contributed by atoms with Crippen molar-refractivity contribution in [2.24, 2.45) is 0 Å². The van der Waals surface area contributed by atoms with Gasteiger partial charge in [-0.3, -0.25) is 14.5 Å². The van der Waals surface area contributed by atoms with E-state index in [1.165, 1.54) is 4.90 Å². The van der Waals surface area contributed by atoms with E-state index >= 15 is 0 Å². The lowest BCUT2D eigenvalue weighted by atomic mass is 10.1. The standard InChI is InChI=1S/C30H28N2O4S/c1-35-26-14-7-8-15-27(26)36-19-9-17-31-21-23(24-12-5-6-13-25(24)31)20-28-29(33)32(30(34)37-28)18-16-22-10-3-2-4-11-22/h2-8,10-15,20-21H,9,16-19H2,1H3/b28-20-. The Hall–Kier alpha value is -3.97. The maximum absolute atomic E-state index is 13.1. The molecule has 1 aliphatic rings. The lowest BCUT2D eigenvalue weighted by Gasteiger charge is -2.12. The second kappa shape index (κ2) is 11.4. The zero-order chi connectivity index (χ0) is 25.6. The van der Waals surface area contributed by atoms with Gasteiger partial charge in [0.25, 0.3) is 11.1 Å². The molecule has 188 valence electrons. The molecule has 0 radical (unpaired) electrons. The molecule has 6 nitrogen and oxygen atoms in total. The normalized spacial score (nSPS) is 14.6. The minimum atomic E-state index is -0.229. The van der Waals surface area contributed by atoms with Gasteiger partial charge >= 0.3 is 0 Å². The third-order valence-corrected chi connectivity index (χ3v) is 7.22. The smallest absolute Gasteiger partial charge is 0.293 e. The summed E-state index contributed by atoms with van der Waals surface area (Å²) < 4.78 is 13.5. The highest BCUT2D eigenvalue weighted by Crippen LogP contribution is 2.34. The molecule has 0 spiro atoms. The van der Waals surface area contributed by atoms with Gasteiger partial charge in [-0.15, -0.1) is 0 Å². The number of methoxy groups -OCH3 is 1. The molecule has 7 heteroatoms. The quantitative estimate of drug-likeness (QED) is 0.182. The average Bonchev–Trinajstić information content (AvgIpc) is 3.42. The average molecular weight is 513 g/mol. The van der Waals surface area contributed by atoms with Crippen molar-refractivity contribution < 1.29 is 19.1 Å². The fourth-order valence-corrected chi connectivity index (χ4v) is 5.31. The maximum atomic E-state index is 13.1. The molecule has 0 atom stereocenters. The SMILES string of the molecule is COc1ccccc1OCCCn1cc(/C=C2\SC(=O)N(CCc3ccccc3)C2=O)c2ccccc21. The molecule has 0 saturated carbocycles. The summed E-state index contributed by atoms with van der Waals surface area (Å²) in [5.41, 5.74) is 3.10. The van der Waals surface area contributed by atoms with Gasteiger partial charge in [-0.1, -0.05) is 60.7 Å². The molecule has 1 aromatic heterocycles. The van der Waals surface area contributed by atoms with Crippen LogP contribution in [-0.2, 0) is 17.8 Å². The summed E-state index contributed by atoms with van der Waals surface area (Å²) in [7, 11) is 1.63. The van der Waals surface area contributed by atoms with Crippen molar-refractivity contribution >= 4 is 39.9 Å². The van der Waals surface area contributed by atoms with Crippen molar-refractivity contribution in [1.82, 2.24) is 9.47 Å². The number of benzene rings is 3. The highest BCUT2D eigenvalue weighted by Gasteiger charge is 2.34. The molecule has 0 aliphatic carbocycles. The van der Waals surface area contributed by atoms with E-state index in [9.17, 15) is 9.59 Å². The summed E-state index contributed by atoms with van der Waals surface area (Å²) in [5.74, 6) is 1.22. The summed E-state index contributed by atoms with van der Waals surface area (Å²) in [6.07, 6.45) is 5.33. The Bertz CT molecular complexity index is 1440.